The SMILES string of the molecule is Clc1nc(CNC2CC2)c2ccccn12. The zero-order chi connectivity index (χ0) is 10.3. The first kappa shape index (κ1) is 9.19. The summed E-state index contributed by atoms with van der Waals surface area (Å²) in [5.41, 5.74) is 2.13. The van der Waals surface area contributed by atoms with Gasteiger partial charge in [0.05, 0.1) is 11.2 Å². The van der Waals surface area contributed by atoms with E-state index in [1.54, 1.807) is 0 Å². The van der Waals surface area contributed by atoms with E-state index in [0.29, 0.717) is 11.3 Å². The minimum Gasteiger partial charge on any atom is -0.308 e. The standard InChI is InChI=1S/C11H12ClN3/c12-11-14-9(7-13-8-4-5-8)10-3-1-2-6-15(10)11/h1-3,6,8,13H,4-5,7H2. The van der Waals surface area contributed by atoms with E-state index in [0.717, 1.165) is 17.8 Å². The first-order valence-electron chi connectivity index (χ1n) is 5.19. The van der Waals surface area contributed by atoms with Crippen LogP contribution in [-0.4, -0.2) is 15.4 Å². The molecule has 0 atom stereocenters. The minimum atomic E-state index is 0.540. The van der Waals surface area contributed by atoms with Gasteiger partial charge in [0.15, 0.2) is 0 Å². The van der Waals surface area contributed by atoms with Crippen LogP contribution in [0.1, 0.15) is 18.5 Å². The Bertz CT molecular complexity index is 488. The van der Waals surface area contributed by atoms with Crippen molar-refractivity contribution in [2.24, 2.45) is 0 Å². The average Bonchev–Trinajstić information content (AvgIpc) is 3.03. The van der Waals surface area contributed by atoms with Gasteiger partial charge in [0.1, 0.15) is 0 Å². The molecule has 0 saturated heterocycles. The molecule has 1 fully saturated rings. The van der Waals surface area contributed by atoms with Gasteiger partial charge in [-0.3, -0.25) is 4.40 Å². The van der Waals surface area contributed by atoms with Gasteiger partial charge < -0.3 is 5.32 Å². The molecule has 0 bridgehead atoms. The van der Waals surface area contributed by atoms with E-state index in [-0.39, 0.29) is 0 Å². The van der Waals surface area contributed by atoms with Gasteiger partial charge in [0.25, 0.3) is 0 Å². The Kier molecular flexibility index (Phi) is 2.15. The zero-order valence-electron chi connectivity index (χ0n) is 8.28. The van der Waals surface area contributed by atoms with E-state index in [4.69, 9.17) is 11.6 Å². The fraction of sp³-hybridized carbons (Fsp3) is 0.364. The summed E-state index contributed by atoms with van der Waals surface area (Å²) in [6.07, 6.45) is 4.52. The van der Waals surface area contributed by atoms with Gasteiger partial charge in [-0.25, -0.2) is 4.98 Å². The van der Waals surface area contributed by atoms with Gasteiger partial charge in [0.2, 0.25) is 5.28 Å². The maximum absolute atomic E-state index is 6.03. The van der Waals surface area contributed by atoms with Crippen molar-refractivity contribution in [3.05, 3.63) is 35.4 Å². The second-order valence-electron chi connectivity index (χ2n) is 3.94. The van der Waals surface area contributed by atoms with E-state index >= 15 is 0 Å². The lowest BCUT2D eigenvalue weighted by Crippen LogP contribution is -2.15. The second-order valence-corrected chi connectivity index (χ2v) is 4.28. The predicted molar refractivity (Wildman–Crippen MR) is 60.1 cm³/mol. The Morgan fingerprint density at radius 1 is 1.47 bits per heavy atom. The van der Waals surface area contributed by atoms with Gasteiger partial charge in [-0.2, -0.15) is 0 Å². The maximum atomic E-state index is 6.03. The van der Waals surface area contributed by atoms with Gasteiger partial charge in [-0.05, 0) is 36.6 Å². The summed E-state index contributed by atoms with van der Waals surface area (Å²) < 4.78 is 1.91. The van der Waals surface area contributed by atoms with Crippen molar-refractivity contribution >= 4 is 17.1 Å². The molecule has 2 heterocycles. The third kappa shape index (κ3) is 1.73. The smallest absolute Gasteiger partial charge is 0.207 e. The number of rotatable bonds is 3. The molecule has 3 nitrogen and oxygen atoms in total. The topological polar surface area (TPSA) is 29.3 Å². The molecule has 2 aromatic rings. The van der Waals surface area contributed by atoms with Crippen LogP contribution < -0.4 is 5.32 Å². The number of hydrogen-bond donors (Lipinski definition) is 1. The van der Waals surface area contributed by atoms with E-state index < -0.39 is 0 Å². The summed E-state index contributed by atoms with van der Waals surface area (Å²) in [5.74, 6) is 0. The van der Waals surface area contributed by atoms with Crippen LogP contribution in [0.25, 0.3) is 5.52 Å². The van der Waals surface area contributed by atoms with Crippen LogP contribution in [-0.2, 0) is 6.54 Å². The first-order chi connectivity index (χ1) is 7.34. The van der Waals surface area contributed by atoms with Gasteiger partial charge in [0, 0.05) is 18.8 Å². The van der Waals surface area contributed by atoms with Crippen LogP contribution in [0, 0.1) is 0 Å². The largest absolute Gasteiger partial charge is 0.308 e. The number of nitrogens with one attached hydrogen (secondary N) is 1. The number of nitrogens with zero attached hydrogens (tertiary/aromatic N) is 2. The van der Waals surface area contributed by atoms with E-state index in [9.17, 15) is 0 Å². The third-order valence-corrected chi connectivity index (χ3v) is 2.98. The van der Waals surface area contributed by atoms with Crippen molar-refractivity contribution in [2.45, 2.75) is 25.4 Å². The molecule has 1 N–H and O–H groups in total. The normalized spacial score (nSPS) is 16.1. The van der Waals surface area contributed by atoms with E-state index in [1.807, 2.05) is 28.8 Å². The van der Waals surface area contributed by atoms with Crippen molar-refractivity contribution < 1.29 is 0 Å². The van der Waals surface area contributed by atoms with Crippen LogP contribution in [0.2, 0.25) is 5.28 Å². The summed E-state index contributed by atoms with van der Waals surface area (Å²) in [7, 11) is 0. The fourth-order valence-electron chi connectivity index (χ4n) is 1.72. The van der Waals surface area contributed by atoms with Crippen molar-refractivity contribution in [2.75, 3.05) is 0 Å². The van der Waals surface area contributed by atoms with Crippen molar-refractivity contribution in [3.8, 4) is 0 Å². The molecule has 1 aliphatic rings. The minimum absolute atomic E-state index is 0.540. The van der Waals surface area contributed by atoms with Crippen LogP contribution >= 0.6 is 11.6 Å². The van der Waals surface area contributed by atoms with Crippen LogP contribution in [0.15, 0.2) is 24.4 Å². The molecule has 1 saturated carbocycles. The summed E-state index contributed by atoms with van der Waals surface area (Å²) in [4.78, 5) is 4.36. The molecule has 3 rings (SSSR count). The molecule has 15 heavy (non-hydrogen) atoms. The summed E-state index contributed by atoms with van der Waals surface area (Å²) in [5, 5.41) is 3.98. The second kappa shape index (κ2) is 3.51. The number of imidazole rings is 1. The molecule has 2 aromatic heterocycles. The van der Waals surface area contributed by atoms with Gasteiger partial charge in [-0.1, -0.05) is 6.07 Å². The van der Waals surface area contributed by atoms with Crippen molar-refractivity contribution in [3.63, 3.8) is 0 Å². The molecule has 4 heteroatoms. The first-order valence-corrected chi connectivity index (χ1v) is 5.57. The highest BCUT2D eigenvalue weighted by Gasteiger charge is 2.21. The highest BCUT2D eigenvalue weighted by molar-refractivity contribution is 6.28. The lowest BCUT2D eigenvalue weighted by molar-refractivity contribution is 0.680. The molecule has 0 aliphatic heterocycles. The summed E-state index contributed by atoms with van der Waals surface area (Å²) in [6, 6.07) is 6.71. The molecule has 0 spiro atoms. The maximum Gasteiger partial charge on any atom is 0.207 e. The number of aromatic nitrogens is 2. The fourth-order valence-corrected chi connectivity index (χ4v) is 1.97. The van der Waals surface area contributed by atoms with Gasteiger partial charge >= 0.3 is 0 Å². The number of fused-ring (bicyclic) bond motifs is 1. The Balaban J connectivity index is 1.94. The Labute approximate surface area is 93.1 Å². The highest BCUT2D eigenvalue weighted by Crippen LogP contribution is 2.21. The number of hydrogen-bond acceptors (Lipinski definition) is 2. The predicted octanol–water partition coefficient (Wildman–Crippen LogP) is 2.24. The lowest BCUT2D eigenvalue weighted by Gasteiger charge is -1.99. The monoisotopic (exact) mass is 221 g/mol. The number of pyridine rings is 1. The quantitative estimate of drug-likeness (QED) is 0.862. The molecule has 78 valence electrons. The zero-order valence-corrected chi connectivity index (χ0v) is 9.04. The molecule has 0 aromatic carbocycles. The Hall–Kier alpha value is -1.06. The van der Waals surface area contributed by atoms with Crippen molar-refractivity contribution in [1.29, 1.82) is 0 Å². The molecule has 0 unspecified atom stereocenters. The third-order valence-electron chi connectivity index (χ3n) is 2.72. The van der Waals surface area contributed by atoms with E-state index in [1.165, 1.54) is 12.8 Å². The number of halogens is 1. The molecule has 0 radical (unpaired) electrons. The molecule has 1 aliphatic carbocycles. The van der Waals surface area contributed by atoms with Gasteiger partial charge in [-0.15, -0.1) is 0 Å². The molecular weight excluding hydrogens is 210 g/mol. The van der Waals surface area contributed by atoms with Crippen LogP contribution in [0.3, 0.4) is 0 Å². The van der Waals surface area contributed by atoms with Crippen LogP contribution in [0.5, 0.6) is 0 Å². The van der Waals surface area contributed by atoms with Crippen molar-refractivity contribution in [1.82, 2.24) is 14.7 Å². The summed E-state index contributed by atoms with van der Waals surface area (Å²) in [6.45, 7) is 0.810. The molecule has 0 amide bonds. The highest BCUT2D eigenvalue weighted by atomic mass is 35.5. The summed E-state index contributed by atoms with van der Waals surface area (Å²) >= 11 is 6.03. The molecular formula is C11H12ClN3. The van der Waals surface area contributed by atoms with Crippen LogP contribution in [0.4, 0.5) is 0 Å². The lowest BCUT2D eigenvalue weighted by atomic mass is 10.3. The Morgan fingerprint density at radius 2 is 2.33 bits per heavy atom. The average molecular weight is 222 g/mol. The van der Waals surface area contributed by atoms with E-state index in [2.05, 4.69) is 10.3 Å². The Morgan fingerprint density at radius 3 is 3.13 bits per heavy atom.